The summed E-state index contributed by atoms with van der Waals surface area (Å²) in [5.74, 6) is 0.0258. The lowest BCUT2D eigenvalue weighted by Crippen LogP contribution is -2.07. The summed E-state index contributed by atoms with van der Waals surface area (Å²) in [6, 6.07) is 9.86. The zero-order chi connectivity index (χ0) is 22.7. The van der Waals surface area contributed by atoms with Crippen LogP contribution in [0, 0.1) is 10.1 Å². The van der Waals surface area contributed by atoms with Crippen molar-refractivity contribution in [3.63, 3.8) is 0 Å². The summed E-state index contributed by atoms with van der Waals surface area (Å²) in [7, 11) is 0. The van der Waals surface area contributed by atoms with Gasteiger partial charge in [0.15, 0.2) is 16.6 Å². The highest BCUT2D eigenvalue weighted by atomic mass is 32.1. The van der Waals surface area contributed by atoms with Gasteiger partial charge in [0.25, 0.3) is 5.69 Å². The Morgan fingerprint density at radius 1 is 1.16 bits per heavy atom. The number of nitro benzene ring substituents is 1. The average Bonchev–Trinajstić information content (AvgIpc) is 3.40. The summed E-state index contributed by atoms with van der Waals surface area (Å²) in [5.41, 5.74) is 2.18. The monoisotopic (exact) mass is 452 g/mol. The van der Waals surface area contributed by atoms with Gasteiger partial charge in [-0.25, -0.2) is 4.98 Å². The van der Waals surface area contributed by atoms with Crippen molar-refractivity contribution >= 4 is 45.7 Å². The third-order valence-electron chi connectivity index (χ3n) is 4.37. The van der Waals surface area contributed by atoms with Gasteiger partial charge in [0.2, 0.25) is 18.6 Å². The number of nitrogens with zero attached hydrogens (tertiary/aromatic N) is 2. The maximum absolute atomic E-state index is 12.3. The van der Waals surface area contributed by atoms with Gasteiger partial charge >= 0.3 is 0 Å². The maximum Gasteiger partial charge on any atom is 0.280 e. The lowest BCUT2D eigenvalue weighted by Gasteiger charge is -2.02. The molecule has 2 aromatic carbocycles. The number of fused-ring (bicyclic) bond motifs is 1. The number of carbonyl (C=O) groups is 2. The number of ether oxygens (including phenoxy) is 2. The van der Waals surface area contributed by atoms with Crippen molar-refractivity contribution < 1.29 is 24.0 Å². The Kier molecular flexibility index (Phi) is 5.81. The Morgan fingerprint density at radius 3 is 2.56 bits per heavy atom. The molecule has 0 spiro atoms. The van der Waals surface area contributed by atoms with E-state index in [0.717, 1.165) is 5.56 Å². The number of benzene rings is 2. The van der Waals surface area contributed by atoms with E-state index in [1.165, 1.54) is 42.5 Å². The number of nitro groups is 1. The SMILES string of the molecule is CC(=O)Nc1ccc(-c2csc(NC(=O)/C=C/c3cc4c(cc3[N+](=O)[O-])OCO4)n2)cc1. The Balaban J connectivity index is 1.44. The molecule has 32 heavy (non-hydrogen) atoms. The molecular weight excluding hydrogens is 436 g/mol. The van der Waals surface area contributed by atoms with Crippen molar-refractivity contribution in [1.29, 1.82) is 0 Å². The van der Waals surface area contributed by atoms with E-state index >= 15 is 0 Å². The Labute approximate surface area is 185 Å². The number of nitrogens with one attached hydrogen (secondary N) is 2. The van der Waals surface area contributed by atoms with Crippen LogP contribution >= 0.6 is 11.3 Å². The smallest absolute Gasteiger partial charge is 0.280 e. The highest BCUT2D eigenvalue weighted by molar-refractivity contribution is 7.14. The fourth-order valence-corrected chi connectivity index (χ4v) is 3.67. The zero-order valence-corrected chi connectivity index (χ0v) is 17.5. The summed E-state index contributed by atoms with van der Waals surface area (Å²) < 4.78 is 10.4. The third kappa shape index (κ3) is 4.73. The molecule has 1 aliphatic rings. The van der Waals surface area contributed by atoms with Crippen LogP contribution in [0.15, 0.2) is 47.9 Å². The van der Waals surface area contributed by atoms with Gasteiger partial charge < -0.3 is 14.8 Å². The Hall–Kier alpha value is -4.25. The van der Waals surface area contributed by atoms with E-state index in [0.29, 0.717) is 28.0 Å². The quantitative estimate of drug-likeness (QED) is 0.327. The van der Waals surface area contributed by atoms with E-state index < -0.39 is 10.8 Å². The first kappa shape index (κ1) is 21.0. The molecule has 1 aromatic heterocycles. The summed E-state index contributed by atoms with van der Waals surface area (Å²) in [4.78, 5) is 38.5. The molecule has 11 heteroatoms. The topological polar surface area (TPSA) is 133 Å². The number of anilines is 2. The maximum atomic E-state index is 12.3. The van der Waals surface area contributed by atoms with Crippen LogP contribution in [0.3, 0.4) is 0 Å². The standard InChI is InChI=1S/C21H16N4O6S/c1-12(26)22-15-5-2-13(3-6-15)16-10-32-21(23-16)24-20(27)7-4-14-8-18-19(31-11-30-18)9-17(14)25(28)29/h2-10H,11H2,1H3,(H,22,26)(H,23,24,27)/b7-4+. The van der Waals surface area contributed by atoms with E-state index in [1.807, 2.05) is 12.1 Å². The van der Waals surface area contributed by atoms with Gasteiger partial charge in [-0.05, 0) is 24.3 Å². The van der Waals surface area contributed by atoms with Crippen molar-refractivity contribution in [2.45, 2.75) is 6.92 Å². The number of hydrogen-bond donors (Lipinski definition) is 2. The van der Waals surface area contributed by atoms with Crippen LogP contribution in [0.25, 0.3) is 17.3 Å². The van der Waals surface area contributed by atoms with Crippen molar-refractivity contribution in [2.75, 3.05) is 17.4 Å². The molecule has 0 saturated carbocycles. The number of aromatic nitrogens is 1. The molecule has 0 bridgehead atoms. The Bertz CT molecular complexity index is 1240. The highest BCUT2D eigenvalue weighted by Gasteiger charge is 2.22. The predicted octanol–water partition coefficient (Wildman–Crippen LogP) is 4.06. The van der Waals surface area contributed by atoms with Gasteiger partial charge in [0.1, 0.15) is 0 Å². The molecule has 0 saturated heterocycles. The number of thiazole rings is 1. The molecule has 1 aliphatic heterocycles. The lowest BCUT2D eigenvalue weighted by atomic mass is 10.1. The molecule has 0 fully saturated rings. The molecule has 4 rings (SSSR count). The summed E-state index contributed by atoms with van der Waals surface area (Å²) in [5, 5.41) is 18.8. The van der Waals surface area contributed by atoms with Gasteiger partial charge in [0.05, 0.1) is 22.2 Å². The van der Waals surface area contributed by atoms with Crippen molar-refractivity contribution in [3.8, 4) is 22.8 Å². The first-order valence-corrected chi connectivity index (χ1v) is 10.2. The van der Waals surface area contributed by atoms with Crippen LogP contribution in [-0.2, 0) is 9.59 Å². The third-order valence-corrected chi connectivity index (χ3v) is 5.13. The fourth-order valence-electron chi connectivity index (χ4n) is 2.94. The van der Waals surface area contributed by atoms with Crippen molar-refractivity contribution in [3.05, 3.63) is 63.5 Å². The molecule has 2 heterocycles. The average molecular weight is 452 g/mol. The van der Waals surface area contributed by atoms with Crippen LogP contribution in [0.5, 0.6) is 11.5 Å². The molecular formula is C21H16N4O6S. The van der Waals surface area contributed by atoms with Crippen LogP contribution < -0.4 is 20.1 Å². The normalized spacial score (nSPS) is 12.0. The molecule has 2 amide bonds. The van der Waals surface area contributed by atoms with Crippen LogP contribution in [-0.4, -0.2) is 28.5 Å². The van der Waals surface area contributed by atoms with Gasteiger partial charge in [-0.15, -0.1) is 11.3 Å². The number of amides is 2. The van der Waals surface area contributed by atoms with Gasteiger partial charge in [-0.2, -0.15) is 0 Å². The van der Waals surface area contributed by atoms with E-state index in [4.69, 9.17) is 9.47 Å². The molecule has 3 aromatic rings. The minimum atomic E-state index is -0.552. The fraction of sp³-hybridized carbons (Fsp3) is 0.0952. The van der Waals surface area contributed by atoms with Gasteiger partial charge in [-0.3, -0.25) is 25.0 Å². The zero-order valence-electron chi connectivity index (χ0n) is 16.7. The predicted molar refractivity (Wildman–Crippen MR) is 119 cm³/mol. The molecule has 0 unspecified atom stereocenters. The summed E-state index contributed by atoms with van der Waals surface area (Å²) >= 11 is 1.24. The summed E-state index contributed by atoms with van der Waals surface area (Å²) in [6.45, 7) is 1.42. The lowest BCUT2D eigenvalue weighted by molar-refractivity contribution is -0.385. The molecule has 2 N–H and O–H groups in total. The molecule has 10 nitrogen and oxygen atoms in total. The van der Waals surface area contributed by atoms with E-state index in [2.05, 4.69) is 15.6 Å². The minimum absolute atomic E-state index is 0.0114. The first-order valence-electron chi connectivity index (χ1n) is 9.30. The second-order valence-electron chi connectivity index (χ2n) is 6.64. The van der Waals surface area contributed by atoms with Crippen LogP contribution in [0.4, 0.5) is 16.5 Å². The molecule has 0 radical (unpaired) electrons. The van der Waals surface area contributed by atoms with Gasteiger partial charge in [-0.1, -0.05) is 12.1 Å². The van der Waals surface area contributed by atoms with E-state index in [9.17, 15) is 19.7 Å². The number of carbonyl (C=O) groups excluding carboxylic acids is 2. The molecule has 0 atom stereocenters. The van der Waals surface area contributed by atoms with Crippen molar-refractivity contribution in [1.82, 2.24) is 4.98 Å². The second-order valence-corrected chi connectivity index (χ2v) is 7.50. The van der Waals surface area contributed by atoms with E-state index in [-0.39, 0.29) is 24.0 Å². The Morgan fingerprint density at radius 2 is 1.88 bits per heavy atom. The highest BCUT2D eigenvalue weighted by Crippen LogP contribution is 2.38. The van der Waals surface area contributed by atoms with Crippen molar-refractivity contribution in [2.24, 2.45) is 0 Å². The second kappa shape index (κ2) is 8.86. The summed E-state index contributed by atoms with van der Waals surface area (Å²) in [6.07, 6.45) is 2.53. The van der Waals surface area contributed by atoms with Gasteiger partial charge in [0, 0.05) is 29.6 Å². The first-order chi connectivity index (χ1) is 15.4. The molecule has 162 valence electrons. The van der Waals surface area contributed by atoms with E-state index in [1.54, 1.807) is 17.5 Å². The minimum Gasteiger partial charge on any atom is -0.454 e. The largest absolute Gasteiger partial charge is 0.454 e. The number of rotatable bonds is 6. The van der Waals surface area contributed by atoms with Crippen LogP contribution in [0.1, 0.15) is 12.5 Å². The molecule has 0 aliphatic carbocycles. The number of hydrogen-bond acceptors (Lipinski definition) is 8. The van der Waals surface area contributed by atoms with Crippen LogP contribution in [0.2, 0.25) is 0 Å².